The van der Waals surface area contributed by atoms with Crippen molar-refractivity contribution in [2.75, 3.05) is 0 Å². The van der Waals surface area contributed by atoms with Gasteiger partial charge in [0.1, 0.15) is 0 Å². The van der Waals surface area contributed by atoms with Gasteiger partial charge in [0.05, 0.1) is 0 Å². The second kappa shape index (κ2) is 18.5. The molecule has 0 spiro atoms. The van der Waals surface area contributed by atoms with Crippen LogP contribution in [0.1, 0.15) is 0 Å². The zero-order valence-electron chi connectivity index (χ0n) is 8.14. The predicted molar refractivity (Wildman–Crippen MR) is 66.3 cm³/mol. The van der Waals surface area contributed by atoms with Crippen LogP contribution in [0, 0.1) is 0 Å². The van der Waals surface area contributed by atoms with E-state index < -0.39 is 36.6 Å². The molecule has 9 N–H and O–H groups in total. The van der Waals surface area contributed by atoms with Crippen LogP contribution in [0.4, 0.5) is 0 Å². The summed E-state index contributed by atoms with van der Waals surface area (Å²) in [6, 6.07) is 0. The summed E-state index contributed by atoms with van der Waals surface area (Å²) in [5.41, 5.74) is 0. The van der Waals surface area contributed by atoms with Crippen LogP contribution >= 0.6 is 0 Å². The Bertz CT molecular complexity index is 142. The van der Waals surface area contributed by atoms with E-state index in [0.717, 1.165) is 0 Å². The molecule has 100 valence electrons. The Labute approximate surface area is 174 Å². The average Bonchev–Trinajstić information content (AvgIpc) is 1.96. The molecular formula is H11B5KNaO12. The first-order valence-corrected chi connectivity index (χ1v) is 3.74. The van der Waals surface area contributed by atoms with E-state index in [1.165, 1.54) is 0 Å². The molecule has 0 radical (unpaired) electrons. The first-order chi connectivity index (χ1) is 7.65. The van der Waals surface area contributed by atoms with Crippen LogP contribution in [0.25, 0.3) is 0 Å². The van der Waals surface area contributed by atoms with Crippen molar-refractivity contribution in [1.29, 1.82) is 0 Å². The topological polar surface area (TPSA) is 210 Å². The molecule has 0 saturated heterocycles. The number of hydrogen-bond donors (Lipinski definition) is 9. The Hall–Kier alpha value is 2.48. The molecule has 0 aromatic rings. The summed E-state index contributed by atoms with van der Waals surface area (Å²) in [4.78, 5) is 0. The second-order valence-corrected chi connectivity index (χ2v) is 2.02. The zero-order chi connectivity index (χ0) is 14.0. The van der Waals surface area contributed by atoms with E-state index in [1.807, 2.05) is 0 Å². The molecule has 0 saturated carbocycles. The van der Waals surface area contributed by atoms with Crippen LogP contribution in [0.5, 0.6) is 0 Å². The van der Waals surface area contributed by atoms with Gasteiger partial charge in [-0.3, -0.25) is 0 Å². The fourth-order valence-corrected chi connectivity index (χ4v) is 0.394. The molecule has 0 aromatic heterocycles. The van der Waals surface area contributed by atoms with Crippen molar-refractivity contribution < 1.29 is 58.9 Å². The van der Waals surface area contributed by atoms with Gasteiger partial charge in [-0.15, -0.1) is 0 Å². The summed E-state index contributed by atoms with van der Waals surface area (Å²) in [6.45, 7) is 0. The van der Waals surface area contributed by atoms with Gasteiger partial charge in [-0.25, -0.2) is 0 Å². The van der Waals surface area contributed by atoms with Gasteiger partial charge in [0.2, 0.25) is 0 Å². The minimum atomic E-state index is -2.33. The molecule has 12 nitrogen and oxygen atoms in total. The zero-order valence-corrected chi connectivity index (χ0v) is 8.14. The van der Waals surface area contributed by atoms with Gasteiger partial charge in [-0.05, 0) is 0 Å². The molecule has 0 aliphatic rings. The third-order valence-electron chi connectivity index (χ3n) is 0.698. The number of rotatable bonds is 6. The van der Waals surface area contributed by atoms with Gasteiger partial charge < -0.3 is 58.9 Å². The molecule has 0 bridgehead atoms. The molecular weight excluding hydrogens is 308 g/mol. The maximum absolute atomic E-state index is 8.20. The molecule has 19 heavy (non-hydrogen) atoms. The van der Waals surface area contributed by atoms with Gasteiger partial charge in [-0.1, -0.05) is 0 Å². The van der Waals surface area contributed by atoms with Crippen molar-refractivity contribution in [2.45, 2.75) is 0 Å². The van der Waals surface area contributed by atoms with Crippen molar-refractivity contribution in [2.24, 2.45) is 0 Å². The molecule has 0 rings (SSSR count). The third-order valence-corrected chi connectivity index (χ3v) is 0.698. The SMILES string of the molecule is OB(O)O.OB(O)OB(OB(O)O)OB(O)O.[KH].[NaH]. The standard InChI is InChI=1S/B4H6O9.BH3O3.K.Na.2H/c5-1(6)11-4(12-2(7)8)13-3(9)10;2-1(3)4;;;;/h5-10H;2-4H;;;;. The van der Waals surface area contributed by atoms with Crippen molar-refractivity contribution >= 4 is 118 Å². The van der Waals surface area contributed by atoms with Gasteiger partial charge in [0, 0.05) is 0 Å². The second-order valence-electron chi connectivity index (χ2n) is 2.02. The van der Waals surface area contributed by atoms with Gasteiger partial charge in [-0.2, -0.15) is 0 Å². The average molecular weight is 319 g/mol. The fraction of sp³-hybridized carbons (Fsp3) is 0. The molecule has 19 heteroatoms. The summed E-state index contributed by atoms with van der Waals surface area (Å²) in [7, 11) is -11.2. The summed E-state index contributed by atoms with van der Waals surface area (Å²) in [6.07, 6.45) is 0. The van der Waals surface area contributed by atoms with E-state index in [1.54, 1.807) is 0 Å². The van der Waals surface area contributed by atoms with E-state index in [4.69, 9.17) is 45.2 Å². The van der Waals surface area contributed by atoms with E-state index in [0.29, 0.717) is 0 Å². The van der Waals surface area contributed by atoms with Gasteiger partial charge >= 0.3 is 118 Å². The van der Waals surface area contributed by atoms with E-state index in [2.05, 4.69) is 13.7 Å². The minimum absolute atomic E-state index is 0. The predicted octanol–water partition coefficient (Wildman–Crippen LogP) is -8.42. The van der Waals surface area contributed by atoms with Crippen LogP contribution in [0.15, 0.2) is 0 Å². The molecule has 0 amide bonds. The van der Waals surface area contributed by atoms with Crippen LogP contribution < -0.4 is 0 Å². The van der Waals surface area contributed by atoms with Crippen molar-refractivity contribution in [3.63, 3.8) is 0 Å². The van der Waals surface area contributed by atoms with Crippen LogP contribution in [0.2, 0.25) is 0 Å². The molecule has 0 fully saturated rings. The summed E-state index contributed by atoms with van der Waals surface area (Å²) in [5.74, 6) is 0. The Morgan fingerprint density at radius 3 is 0.789 bits per heavy atom. The molecule has 0 atom stereocenters. The van der Waals surface area contributed by atoms with E-state index in [9.17, 15) is 0 Å². The molecule has 0 aliphatic heterocycles. The van der Waals surface area contributed by atoms with Crippen LogP contribution in [-0.2, 0) is 13.7 Å². The Morgan fingerprint density at radius 2 is 0.684 bits per heavy atom. The van der Waals surface area contributed by atoms with Crippen molar-refractivity contribution in [1.82, 2.24) is 0 Å². The first-order valence-electron chi connectivity index (χ1n) is 3.74. The van der Waals surface area contributed by atoms with E-state index in [-0.39, 0.29) is 80.9 Å². The Kier molecular flexibility index (Phi) is 28.8. The molecule has 0 unspecified atom stereocenters. The quantitative estimate of drug-likeness (QED) is 0.209. The van der Waals surface area contributed by atoms with E-state index >= 15 is 0 Å². The fourth-order valence-electron chi connectivity index (χ4n) is 0.394. The van der Waals surface area contributed by atoms with Crippen molar-refractivity contribution in [3.8, 4) is 0 Å². The Morgan fingerprint density at radius 1 is 0.526 bits per heavy atom. The summed E-state index contributed by atoms with van der Waals surface area (Å²) >= 11 is 0. The monoisotopic (exact) mass is 320 g/mol. The normalized spacial score (nSPS) is 8.05. The Balaban J connectivity index is -0.000000165. The maximum atomic E-state index is 8.20. The van der Waals surface area contributed by atoms with Crippen molar-refractivity contribution in [3.05, 3.63) is 0 Å². The number of hydrogen-bond acceptors (Lipinski definition) is 12. The third kappa shape index (κ3) is 33.4. The van der Waals surface area contributed by atoms with Crippen LogP contribution in [-0.4, -0.2) is 163 Å². The van der Waals surface area contributed by atoms with Gasteiger partial charge in [0.25, 0.3) is 0 Å². The van der Waals surface area contributed by atoms with Gasteiger partial charge in [0.15, 0.2) is 0 Å². The van der Waals surface area contributed by atoms with Crippen LogP contribution in [0.3, 0.4) is 0 Å². The molecule has 0 heterocycles. The summed E-state index contributed by atoms with van der Waals surface area (Å²) < 4.78 is 11.7. The molecule has 0 aliphatic carbocycles. The summed E-state index contributed by atoms with van der Waals surface area (Å²) in [5, 5.41) is 70.7. The first kappa shape index (κ1) is 29.5. The molecule has 0 aromatic carbocycles.